The summed E-state index contributed by atoms with van der Waals surface area (Å²) in [5.41, 5.74) is 27.6. The molecule has 2 nitrogen and oxygen atoms in total. The lowest BCUT2D eigenvalue weighted by Gasteiger charge is -2.33. The summed E-state index contributed by atoms with van der Waals surface area (Å²) in [6, 6.07) is 26.9. The van der Waals surface area contributed by atoms with Gasteiger partial charge in [-0.15, -0.1) is 0 Å². The van der Waals surface area contributed by atoms with Gasteiger partial charge in [-0.05, 0) is 100 Å². The van der Waals surface area contributed by atoms with Gasteiger partial charge in [0.15, 0.2) is 0 Å². The number of rotatable bonds is 2. The molecule has 0 aromatic heterocycles. The minimum atomic E-state index is -0.224. The number of hydrogen-bond acceptors (Lipinski definition) is 2. The van der Waals surface area contributed by atoms with Crippen molar-refractivity contribution in [3.8, 4) is 11.1 Å². The Bertz CT molecular complexity index is 1380. The molecule has 4 aromatic carbocycles. The number of benzene rings is 4. The van der Waals surface area contributed by atoms with Gasteiger partial charge in [-0.25, -0.2) is 0 Å². The van der Waals surface area contributed by atoms with Crippen molar-refractivity contribution in [3.63, 3.8) is 0 Å². The highest BCUT2D eigenvalue weighted by Crippen LogP contribution is 2.58. The van der Waals surface area contributed by atoms with Crippen LogP contribution in [0.5, 0.6) is 0 Å². The fourth-order valence-electron chi connectivity index (χ4n) is 6.40. The topological polar surface area (TPSA) is 52.0 Å². The fourth-order valence-corrected chi connectivity index (χ4v) is 6.40. The molecule has 4 N–H and O–H groups in total. The summed E-state index contributed by atoms with van der Waals surface area (Å²) in [5.74, 6) is 0.442. The summed E-state index contributed by atoms with van der Waals surface area (Å²) in [4.78, 5) is 0. The number of anilines is 2. The highest BCUT2D eigenvalue weighted by atomic mass is 14.6. The zero-order valence-corrected chi connectivity index (χ0v) is 19.6. The van der Waals surface area contributed by atoms with E-state index in [0.717, 1.165) is 35.3 Å². The second-order valence-corrected chi connectivity index (χ2v) is 10.0. The van der Waals surface area contributed by atoms with E-state index in [1.165, 1.54) is 44.5 Å². The molecule has 0 saturated carbocycles. The molecule has 0 radical (unpaired) electrons. The van der Waals surface area contributed by atoms with Gasteiger partial charge in [-0.2, -0.15) is 0 Å². The lowest BCUT2D eigenvalue weighted by Crippen LogP contribution is -2.27. The molecule has 0 aliphatic heterocycles. The molecule has 164 valence electrons. The molecule has 1 unspecified atom stereocenters. The molecule has 6 rings (SSSR count). The van der Waals surface area contributed by atoms with Gasteiger partial charge in [0.05, 0.1) is 0 Å². The summed E-state index contributed by atoms with van der Waals surface area (Å²) in [6.07, 6.45) is 2.06. The number of fused-ring (bicyclic) bond motifs is 5. The summed E-state index contributed by atoms with van der Waals surface area (Å²) in [7, 11) is 0. The van der Waals surface area contributed by atoms with Crippen LogP contribution in [-0.4, -0.2) is 0 Å². The van der Waals surface area contributed by atoms with Crippen LogP contribution in [0.1, 0.15) is 63.8 Å². The van der Waals surface area contributed by atoms with Gasteiger partial charge in [-0.3, -0.25) is 0 Å². The first-order valence-corrected chi connectivity index (χ1v) is 11.9. The van der Waals surface area contributed by atoms with Gasteiger partial charge in [0.2, 0.25) is 0 Å². The Balaban J connectivity index is 1.69. The summed E-state index contributed by atoms with van der Waals surface area (Å²) < 4.78 is 0. The van der Waals surface area contributed by atoms with Crippen molar-refractivity contribution in [3.05, 3.63) is 117 Å². The van der Waals surface area contributed by atoms with E-state index >= 15 is 0 Å². The smallest absolute Gasteiger partial charge is 0.0460 e. The van der Waals surface area contributed by atoms with Crippen LogP contribution in [0.2, 0.25) is 0 Å². The largest absolute Gasteiger partial charge is 0.399 e. The van der Waals surface area contributed by atoms with Crippen LogP contribution < -0.4 is 11.5 Å². The lowest BCUT2D eigenvalue weighted by atomic mass is 9.69. The molecule has 0 fully saturated rings. The van der Waals surface area contributed by atoms with Crippen molar-refractivity contribution in [1.29, 1.82) is 0 Å². The van der Waals surface area contributed by atoms with E-state index in [-0.39, 0.29) is 5.41 Å². The van der Waals surface area contributed by atoms with Gasteiger partial charge >= 0.3 is 0 Å². The third kappa shape index (κ3) is 2.73. The summed E-state index contributed by atoms with van der Waals surface area (Å²) in [5, 5.41) is 0. The molecule has 0 heterocycles. The van der Waals surface area contributed by atoms with E-state index in [1.807, 2.05) is 0 Å². The first-order valence-electron chi connectivity index (χ1n) is 11.9. The highest BCUT2D eigenvalue weighted by Gasteiger charge is 2.47. The Morgan fingerprint density at radius 1 is 0.758 bits per heavy atom. The maximum atomic E-state index is 6.25. The third-order valence-corrected chi connectivity index (χ3v) is 8.09. The SMILES string of the molecule is Cc1cc(C2(c3ccc(N)c(C)c3)CC(C)c3c2ccc2c3-c3ccccc3C2)ccc1N. The van der Waals surface area contributed by atoms with Crippen molar-refractivity contribution in [1.82, 2.24) is 0 Å². The first-order chi connectivity index (χ1) is 15.9. The molecule has 2 heteroatoms. The zero-order chi connectivity index (χ0) is 22.9. The molecular weight excluding hydrogens is 400 g/mol. The Labute approximate surface area is 196 Å². The quantitative estimate of drug-likeness (QED) is 0.300. The van der Waals surface area contributed by atoms with E-state index < -0.39 is 0 Å². The maximum Gasteiger partial charge on any atom is 0.0460 e. The Morgan fingerprint density at radius 2 is 1.39 bits per heavy atom. The summed E-state index contributed by atoms with van der Waals surface area (Å²) in [6.45, 7) is 6.62. The predicted octanol–water partition coefficient (Wildman–Crippen LogP) is 6.88. The molecule has 0 spiro atoms. The van der Waals surface area contributed by atoms with E-state index in [4.69, 9.17) is 11.5 Å². The van der Waals surface area contributed by atoms with Gasteiger partial charge < -0.3 is 11.5 Å². The molecule has 33 heavy (non-hydrogen) atoms. The Kier molecular flexibility index (Phi) is 4.26. The molecule has 0 bridgehead atoms. The molecule has 2 aliphatic rings. The van der Waals surface area contributed by atoms with Gasteiger partial charge in [0, 0.05) is 16.8 Å². The minimum absolute atomic E-state index is 0.224. The van der Waals surface area contributed by atoms with Gasteiger partial charge in [0.25, 0.3) is 0 Å². The normalized spacial score (nSPS) is 17.5. The second-order valence-electron chi connectivity index (χ2n) is 10.0. The van der Waals surface area contributed by atoms with Crippen LogP contribution in [0.3, 0.4) is 0 Å². The standard InChI is InChI=1S/C31H30N2/c1-18-14-23(9-12-27(18)32)31(24-10-13-28(33)19(2)15-24)17-20(3)29-26(31)11-8-22-16-21-6-4-5-7-25(21)30(22)29/h4-15,20H,16-17,32-33H2,1-3H3. The van der Waals surface area contributed by atoms with Crippen molar-refractivity contribution in [2.75, 3.05) is 11.5 Å². The Hall–Kier alpha value is -3.52. The van der Waals surface area contributed by atoms with Crippen LogP contribution in [-0.2, 0) is 11.8 Å². The van der Waals surface area contributed by atoms with Crippen molar-refractivity contribution >= 4 is 11.4 Å². The average molecular weight is 431 g/mol. The summed E-state index contributed by atoms with van der Waals surface area (Å²) >= 11 is 0. The van der Waals surface area contributed by atoms with E-state index in [2.05, 4.69) is 93.6 Å². The number of nitrogens with two attached hydrogens (primary N) is 2. The fraction of sp³-hybridized carbons (Fsp3) is 0.226. The van der Waals surface area contributed by atoms with Crippen molar-refractivity contribution in [2.24, 2.45) is 0 Å². The van der Waals surface area contributed by atoms with Crippen LogP contribution >= 0.6 is 0 Å². The monoisotopic (exact) mass is 430 g/mol. The van der Waals surface area contributed by atoms with Gasteiger partial charge in [0.1, 0.15) is 0 Å². The second kappa shape index (κ2) is 6.99. The van der Waals surface area contributed by atoms with Crippen LogP contribution in [0.4, 0.5) is 11.4 Å². The zero-order valence-electron chi connectivity index (χ0n) is 19.6. The number of nitrogen functional groups attached to an aromatic ring is 2. The molecule has 0 saturated heterocycles. The molecular formula is C31H30N2. The predicted molar refractivity (Wildman–Crippen MR) is 139 cm³/mol. The molecule has 2 aliphatic carbocycles. The lowest BCUT2D eigenvalue weighted by molar-refractivity contribution is 0.562. The number of aryl methyl sites for hydroxylation is 2. The van der Waals surface area contributed by atoms with E-state index in [0.29, 0.717) is 5.92 Å². The van der Waals surface area contributed by atoms with E-state index in [9.17, 15) is 0 Å². The number of hydrogen-bond donors (Lipinski definition) is 2. The molecule has 4 aromatic rings. The van der Waals surface area contributed by atoms with E-state index in [1.54, 1.807) is 0 Å². The third-order valence-electron chi connectivity index (χ3n) is 8.09. The first kappa shape index (κ1) is 20.1. The molecule has 0 amide bonds. The van der Waals surface area contributed by atoms with Crippen LogP contribution in [0, 0.1) is 13.8 Å². The minimum Gasteiger partial charge on any atom is -0.399 e. The van der Waals surface area contributed by atoms with Crippen LogP contribution in [0.25, 0.3) is 11.1 Å². The maximum absolute atomic E-state index is 6.25. The van der Waals surface area contributed by atoms with Crippen molar-refractivity contribution < 1.29 is 0 Å². The van der Waals surface area contributed by atoms with Crippen LogP contribution in [0.15, 0.2) is 72.8 Å². The highest BCUT2D eigenvalue weighted by molar-refractivity contribution is 5.83. The average Bonchev–Trinajstić information content (AvgIpc) is 3.33. The van der Waals surface area contributed by atoms with Gasteiger partial charge in [-0.1, -0.05) is 67.6 Å². The van der Waals surface area contributed by atoms with Crippen molar-refractivity contribution in [2.45, 2.75) is 44.9 Å². The Morgan fingerprint density at radius 3 is 2.03 bits per heavy atom. The molecule has 1 atom stereocenters.